The molecule has 1 spiro atoms. The van der Waals surface area contributed by atoms with Crippen molar-refractivity contribution < 1.29 is 35.1 Å². The normalized spacial score (nSPS) is 21.6. The number of hydrogen-bond donors (Lipinski definition) is 3. The summed E-state index contributed by atoms with van der Waals surface area (Å²) in [5.41, 5.74) is 7.54. The topological polar surface area (TPSA) is 121 Å². The fourth-order valence-electron chi connectivity index (χ4n) is 5.35. The second-order valence-corrected chi connectivity index (χ2v) is 10.3. The molecular formula is C27H28F3N5O4. The van der Waals surface area contributed by atoms with E-state index in [0.717, 1.165) is 10.5 Å². The van der Waals surface area contributed by atoms with Crippen LogP contribution in [-0.2, 0) is 20.0 Å². The van der Waals surface area contributed by atoms with Gasteiger partial charge in [-0.15, -0.1) is 0 Å². The van der Waals surface area contributed by atoms with E-state index in [-0.39, 0.29) is 25.3 Å². The molecule has 9 nitrogen and oxygen atoms in total. The number of fused-ring (bicyclic) bond motifs is 3. The number of hydrogen-bond acceptors (Lipinski definition) is 5. The lowest BCUT2D eigenvalue weighted by Gasteiger charge is -2.33. The number of nitrogens with one attached hydrogen (secondary N) is 2. The maximum Gasteiger partial charge on any atom is 0.270 e. The number of likely N-dealkylation sites (tertiary alicyclic amines) is 1. The zero-order valence-corrected chi connectivity index (χ0v) is 21.4. The molecule has 0 saturated carbocycles. The monoisotopic (exact) mass is 545 g/mol. The SMILES string of the molecule is [2H]c1c(F)c(F)c2[nH]c(C(=O)N(C)[C@@H](CC(C)C)C(=O)N3CC4(CC3C(N)=O)ONc3ccccc34)c([2H])c2c1F. The third-order valence-electron chi connectivity index (χ3n) is 7.29. The maximum atomic E-state index is 14.6. The number of aromatic amines is 1. The Morgan fingerprint density at radius 1 is 1.23 bits per heavy atom. The lowest BCUT2D eigenvalue weighted by molar-refractivity contribution is -0.141. The van der Waals surface area contributed by atoms with Crippen LogP contribution in [0.25, 0.3) is 10.9 Å². The van der Waals surface area contributed by atoms with Gasteiger partial charge in [0.1, 0.15) is 29.2 Å². The number of benzene rings is 2. The quantitative estimate of drug-likeness (QED) is 0.410. The van der Waals surface area contributed by atoms with Crippen molar-refractivity contribution in [3.05, 3.63) is 65.1 Å². The van der Waals surface area contributed by atoms with Gasteiger partial charge >= 0.3 is 0 Å². The van der Waals surface area contributed by atoms with E-state index in [1.807, 2.05) is 19.9 Å². The standard InChI is InChI=1S/C27H28F3N5O4/c1-13(2)8-20(34(3)25(37)19-9-14-16(28)10-17(29)22(30)23(14)32-19)26(38)35-12-27(11-21(35)24(31)36)15-6-4-5-7-18(15)33-39-27/h4-7,9-10,13,20-21,32-33H,8,11-12H2,1-3H3,(H2,31,36)/t20-,21?,27?/m0/s1/i9D,10D. The molecule has 3 amide bonds. The molecule has 2 aliphatic heterocycles. The van der Waals surface area contributed by atoms with Crippen molar-refractivity contribution in [1.29, 1.82) is 0 Å². The minimum Gasteiger partial charge on any atom is -0.368 e. The first-order valence-electron chi connectivity index (χ1n) is 13.3. The van der Waals surface area contributed by atoms with Gasteiger partial charge in [0.05, 0.1) is 20.5 Å². The fraction of sp³-hybridized carbons (Fsp3) is 0.370. The Balaban J connectivity index is 1.51. The second kappa shape index (κ2) is 9.60. The van der Waals surface area contributed by atoms with Gasteiger partial charge in [0.15, 0.2) is 11.6 Å². The number of amides is 3. The van der Waals surface area contributed by atoms with Crippen LogP contribution in [0.1, 0.15) is 45.5 Å². The highest BCUT2D eigenvalue weighted by Gasteiger charge is 2.55. The molecule has 0 radical (unpaired) electrons. The van der Waals surface area contributed by atoms with Crippen molar-refractivity contribution in [1.82, 2.24) is 14.8 Å². The van der Waals surface area contributed by atoms with Crippen LogP contribution in [0.3, 0.4) is 0 Å². The molecule has 1 fully saturated rings. The summed E-state index contributed by atoms with van der Waals surface area (Å²) >= 11 is 0. The summed E-state index contributed by atoms with van der Waals surface area (Å²) in [7, 11) is 1.29. The van der Waals surface area contributed by atoms with E-state index in [1.54, 1.807) is 18.2 Å². The molecule has 39 heavy (non-hydrogen) atoms. The average Bonchev–Trinajstić information content (AvgIpc) is 3.62. The van der Waals surface area contributed by atoms with Crippen LogP contribution >= 0.6 is 0 Å². The molecule has 2 unspecified atom stereocenters. The summed E-state index contributed by atoms with van der Waals surface area (Å²) in [6.07, 6.45) is 0.205. The third-order valence-corrected chi connectivity index (χ3v) is 7.29. The number of rotatable bonds is 6. The summed E-state index contributed by atoms with van der Waals surface area (Å²) in [4.78, 5) is 50.6. The zero-order valence-electron chi connectivity index (χ0n) is 23.4. The molecule has 206 valence electrons. The van der Waals surface area contributed by atoms with E-state index in [0.29, 0.717) is 5.69 Å². The van der Waals surface area contributed by atoms with Crippen molar-refractivity contribution in [3.63, 3.8) is 0 Å². The number of carbonyl (C=O) groups is 3. The number of H-pyrrole nitrogens is 1. The van der Waals surface area contributed by atoms with Gasteiger partial charge in [-0.1, -0.05) is 32.0 Å². The number of aromatic nitrogens is 1. The van der Waals surface area contributed by atoms with Gasteiger partial charge in [0, 0.05) is 30.5 Å². The van der Waals surface area contributed by atoms with E-state index in [1.165, 1.54) is 11.9 Å². The van der Waals surface area contributed by atoms with Gasteiger partial charge in [-0.05, 0) is 24.4 Å². The van der Waals surface area contributed by atoms with E-state index in [2.05, 4.69) is 10.5 Å². The molecular weight excluding hydrogens is 515 g/mol. The predicted octanol–water partition coefficient (Wildman–Crippen LogP) is 3.41. The Morgan fingerprint density at radius 3 is 2.64 bits per heavy atom. The summed E-state index contributed by atoms with van der Waals surface area (Å²) in [5.74, 6) is -7.32. The molecule has 1 aromatic heterocycles. The van der Waals surface area contributed by atoms with Crippen molar-refractivity contribution >= 4 is 34.3 Å². The van der Waals surface area contributed by atoms with Crippen LogP contribution in [-0.4, -0.2) is 58.2 Å². The van der Waals surface area contributed by atoms with Gasteiger partial charge in [0.25, 0.3) is 5.91 Å². The van der Waals surface area contributed by atoms with Gasteiger partial charge in [0.2, 0.25) is 11.8 Å². The summed E-state index contributed by atoms with van der Waals surface area (Å²) < 4.78 is 58.9. The number of anilines is 1. The van der Waals surface area contributed by atoms with Crippen LogP contribution in [0.4, 0.5) is 18.9 Å². The van der Waals surface area contributed by atoms with Crippen molar-refractivity contribution in [2.45, 2.75) is 44.4 Å². The summed E-state index contributed by atoms with van der Waals surface area (Å²) in [6.45, 7) is 3.59. The smallest absolute Gasteiger partial charge is 0.270 e. The molecule has 3 aromatic rings. The number of likely N-dealkylation sites (N-methyl/N-ethyl adjacent to an activating group) is 1. The highest BCUT2D eigenvalue weighted by atomic mass is 19.2. The molecule has 1 saturated heterocycles. The van der Waals surface area contributed by atoms with Crippen LogP contribution in [0.15, 0.2) is 36.4 Å². The number of primary amides is 1. The van der Waals surface area contributed by atoms with Gasteiger partial charge < -0.3 is 20.5 Å². The number of nitrogens with two attached hydrogens (primary N) is 1. The van der Waals surface area contributed by atoms with Gasteiger partial charge in [-0.3, -0.25) is 24.7 Å². The second-order valence-electron chi connectivity index (χ2n) is 10.3. The molecule has 0 aliphatic carbocycles. The molecule has 5 rings (SSSR count). The first-order valence-corrected chi connectivity index (χ1v) is 12.3. The maximum absolute atomic E-state index is 14.6. The number of halogens is 3. The highest BCUT2D eigenvalue weighted by Crippen LogP contribution is 2.46. The molecule has 3 heterocycles. The Hall–Kier alpha value is -4.06. The minimum absolute atomic E-state index is 0.0435. The predicted molar refractivity (Wildman–Crippen MR) is 136 cm³/mol. The minimum atomic E-state index is -1.76. The Bertz CT molecular complexity index is 1600. The zero-order chi connectivity index (χ0) is 30.0. The van der Waals surface area contributed by atoms with Crippen molar-refractivity contribution in [2.24, 2.45) is 11.7 Å². The van der Waals surface area contributed by atoms with E-state index >= 15 is 0 Å². The van der Waals surface area contributed by atoms with E-state index in [9.17, 15) is 27.6 Å². The number of nitrogens with zero attached hydrogens (tertiary/aromatic N) is 2. The lowest BCUT2D eigenvalue weighted by atomic mass is 9.91. The summed E-state index contributed by atoms with van der Waals surface area (Å²) in [6, 6.07) is 2.83. The third kappa shape index (κ3) is 4.38. The Morgan fingerprint density at radius 2 is 1.95 bits per heavy atom. The fourth-order valence-corrected chi connectivity index (χ4v) is 5.35. The average molecular weight is 546 g/mol. The Kier molecular flexibility index (Phi) is 5.91. The first kappa shape index (κ1) is 24.0. The van der Waals surface area contributed by atoms with Crippen LogP contribution in [0.5, 0.6) is 0 Å². The largest absolute Gasteiger partial charge is 0.368 e. The molecule has 3 atom stereocenters. The first-order chi connectivity index (χ1) is 19.3. The number of para-hydroxylation sites is 1. The van der Waals surface area contributed by atoms with Gasteiger partial charge in [-0.25, -0.2) is 13.2 Å². The van der Waals surface area contributed by atoms with Crippen LogP contribution in [0.2, 0.25) is 0 Å². The van der Waals surface area contributed by atoms with Crippen LogP contribution in [0, 0.1) is 23.4 Å². The molecule has 4 N–H and O–H groups in total. The van der Waals surface area contributed by atoms with Crippen LogP contribution < -0.4 is 11.2 Å². The van der Waals surface area contributed by atoms with Gasteiger partial charge in [-0.2, -0.15) is 0 Å². The lowest BCUT2D eigenvalue weighted by Crippen LogP contribution is -2.54. The number of carbonyl (C=O) groups excluding carboxylic acids is 3. The Labute approximate surface area is 224 Å². The summed E-state index contributed by atoms with van der Waals surface area (Å²) in [5, 5.41) is -0.753. The molecule has 2 aliphatic rings. The van der Waals surface area contributed by atoms with E-state index < -0.39 is 81.5 Å². The molecule has 0 bridgehead atoms. The van der Waals surface area contributed by atoms with Crippen molar-refractivity contribution in [3.8, 4) is 0 Å². The highest BCUT2D eigenvalue weighted by molar-refractivity contribution is 6.01. The van der Waals surface area contributed by atoms with E-state index in [4.69, 9.17) is 13.3 Å². The van der Waals surface area contributed by atoms with Crippen molar-refractivity contribution in [2.75, 3.05) is 19.1 Å². The molecule has 12 heteroatoms. The molecule has 2 aromatic carbocycles.